The van der Waals surface area contributed by atoms with Gasteiger partial charge in [0, 0.05) is 19.6 Å². The standard InChI is InChI=1S/C13H22O4/c1-3-16-13(17-4-2)12(15)10-8-6-5-7-9-11(10)14/h10,13H,3-9H2,1-2H3. The van der Waals surface area contributed by atoms with Crippen molar-refractivity contribution < 1.29 is 19.1 Å². The van der Waals surface area contributed by atoms with E-state index in [-0.39, 0.29) is 11.6 Å². The second kappa shape index (κ2) is 7.56. The fourth-order valence-corrected chi connectivity index (χ4v) is 2.14. The maximum Gasteiger partial charge on any atom is 0.218 e. The highest BCUT2D eigenvalue weighted by molar-refractivity contribution is 6.03. The first kappa shape index (κ1) is 14.3. The van der Waals surface area contributed by atoms with Gasteiger partial charge in [0.2, 0.25) is 6.29 Å². The minimum absolute atomic E-state index is 0.0527. The third-order valence-electron chi connectivity index (χ3n) is 3.02. The van der Waals surface area contributed by atoms with E-state index in [1.54, 1.807) is 0 Å². The molecule has 1 aliphatic rings. The van der Waals surface area contributed by atoms with Crippen LogP contribution in [0, 0.1) is 5.92 Å². The molecule has 1 saturated carbocycles. The van der Waals surface area contributed by atoms with Crippen LogP contribution in [0.2, 0.25) is 0 Å². The summed E-state index contributed by atoms with van der Waals surface area (Å²) in [5, 5.41) is 0. The van der Waals surface area contributed by atoms with Crippen molar-refractivity contribution in [1.29, 1.82) is 0 Å². The molecule has 0 bridgehead atoms. The molecule has 1 rings (SSSR count). The summed E-state index contributed by atoms with van der Waals surface area (Å²) in [5.41, 5.74) is 0. The average Bonchev–Trinajstić information content (AvgIpc) is 2.53. The van der Waals surface area contributed by atoms with Crippen LogP contribution < -0.4 is 0 Å². The maximum absolute atomic E-state index is 12.2. The van der Waals surface area contributed by atoms with Crippen molar-refractivity contribution in [3.8, 4) is 0 Å². The largest absolute Gasteiger partial charge is 0.346 e. The Balaban J connectivity index is 2.66. The van der Waals surface area contributed by atoms with Crippen LogP contribution >= 0.6 is 0 Å². The number of hydrogen-bond donors (Lipinski definition) is 0. The quantitative estimate of drug-likeness (QED) is 0.406. The Bertz CT molecular complexity index is 256. The van der Waals surface area contributed by atoms with Gasteiger partial charge in [-0.15, -0.1) is 0 Å². The SMILES string of the molecule is CCOC(OCC)C(=O)C1CCCCCC1=O. The summed E-state index contributed by atoms with van der Waals surface area (Å²) in [4.78, 5) is 24.0. The van der Waals surface area contributed by atoms with Gasteiger partial charge in [-0.1, -0.05) is 12.8 Å². The van der Waals surface area contributed by atoms with Gasteiger partial charge in [-0.2, -0.15) is 0 Å². The molecule has 0 aromatic heterocycles. The fourth-order valence-electron chi connectivity index (χ4n) is 2.14. The van der Waals surface area contributed by atoms with Gasteiger partial charge in [0.25, 0.3) is 0 Å². The Kier molecular flexibility index (Phi) is 6.37. The Morgan fingerprint density at radius 3 is 2.47 bits per heavy atom. The van der Waals surface area contributed by atoms with Crippen molar-refractivity contribution in [2.45, 2.75) is 52.2 Å². The molecule has 1 aliphatic carbocycles. The van der Waals surface area contributed by atoms with E-state index in [4.69, 9.17) is 9.47 Å². The van der Waals surface area contributed by atoms with E-state index in [2.05, 4.69) is 0 Å². The van der Waals surface area contributed by atoms with Gasteiger partial charge in [-0.3, -0.25) is 9.59 Å². The van der Waals surface area contributed by atoms with E-state index in [1.165, 1.54) is 0 Å². The first-order valence-electron chi connectivity index (χ1n) is 6.50. The summed E-state index contributed by atoms with van der Waals surface area (Å²) >= 11 is 0. The molecular weight excluding hydrogens is 220 g/mol. The molecule has 0 N–H and O–H groups in total. The Morgan fingerprint density at radius 1 is 1.24 bits per heavy atom. The summed E-state index contributed by atoms with van der Waals surface area (Å²) in [6, 6.07) is 0. The van der Waals surface area contributed by atoms with Gasteiger partial charge in [-0.05, 0) is 26.7 Å². The Hall–Kier alpha value is -0.740. The molecule has 0 spiro atoms. The van der Waals surface area contributed by atoms with Crippen molar-refractivity contribution in [2.24, 2.45) is 5.92 Å². The first-order chi connectivity index (χ1) is 8.20. The number of carbonyl (C=O) groups is 2. The predicted molar refractivity (Wildman–Crippen MR) is 63.6 cm³/mol. The zero-order valence-electron chi connectivity index (χ0n) is 10.7. The van der Waals surface area contributed by atoms with Gasteiger partial charge in [0.1, 0.15) is 5.78 Å². The minimum Gasteiger partial charge on any atom is -0.346 e. The van der Waals surface area contributed by atoms with Gasteiger partial charge in [0.15, 0.2) is 5.78 Å². The number of hydrogen-bond acceptors (Lipinski definition) is 4. The molecule has 0 aliphatic heterocycles. The summed E-state index contributed by atoms with van der Waals surface area (Å²) < 4.78 is 10.5. The van der Waals surface area contributed by atoms with Crippen LogP contribution in [0.3, 0.4) is 0 Å². The maximum atomic E-state index is 12.2. The topological polar surface area (TPSA) is 52.6 Å². The van der Waals surface area contributed by atoms with Crippen LogP contribution in [0.25, 0.3) is 0 Å². The van der Waals surface area contributed by atoms with E-state index in [9.17, 15) is 9.59 Å². The molecule has 0 aromatic carbocycles. The molecular formula is C13H22O4. The second-order valence-electron chi connectivity index (χ2n) is 4.26. The number of ether oxygens (including phenoxy) is 2. The monoisotopic (exact) mass is 242 g/mol. The summed E-state index contributed by atoms with van der Waals surface area (Å²) in [6.07, 6.45) is 3.17. The Morgan fingerprint density at radius 2 is 1.88 bits per heavy atom. The normalized spacial score (nSPS) is 21.6. The Labute approximate surface area is 103 Å². The lowest BCUT2D eigenvalue weighted by molar-refractivity contribution is -0.173. The van der Waals surface area contributed by atoms with Crippen molar-refractivity contribution in [2.75, 3.05) is 13.2 Å². The molecule has 17 heavy (non-hydrogen) atoms. The van der Waals surface area contributed by atoms with Gasteiger partial charge in [0.05, 0.1) is 5.92 Å². The third kappa shape index (κ3) is 4.21. The molecule has 0 amide bonds. The van der Waals surface area contributed by atoms with Gasteiger partial charge in [-0.25, -0.2) is 0 Å². The van der Waals surface area contributed by atoms with Gasteiger partial charge >= 0.3 is 0 Å². The fraction of sp³-hybridized carbons (Fsp3) is 0.846. The number of Topliss-reactive ketones (excluding diaryl/α,β-unsaturated/α-hetero) is 2. The number of ketones is 2. The van der Waals surface area contributed by atoms with Gasteiger partial charge < -0.3 is 9.47 Å². The molecule has 0 saturated heterocycles. The van der Waals surface area contributed by atoms with Crippen LogP contribution in [0.1, 0.15) is 46.0 Å². The minimum atomic E-state index is -0.864. The highest BCUT2D eigenvalue weighted by Crippen LogP contribution is 2.22. The van der Waals surface area contributed by atoms with Crippen LogP contribution in [-0.4, -0.2) is 31.1 Å². The zero-order valence-corrected chi connectivity index (χ0v) is 10.7. The highest BCUT2D eigenvalue weighted by atomic mass is 16.7. The van der Waals surface area contributed by atoms with Crippen molar-refractivity contribution in [1.82, 2.24) is 0 Å². The lowest BCUT2D eigenvalue weighted by Gasteiger charge is -2.20. The first-order valence-corrected chi connectivity index (χ1v) is 6.50. The average molecular weight is 242 g/mol. The molecule has 0 aromatic rings. The van der Waals surface area contributed by atoms with Crippen molar-refractivity contribution in [3.05, 3.63) is 0 Å². The molecule has 0 heterocycles. The summed E-state index contributed by atoms with van der Waals surface area (Å²) in [7, 11) is 0. The van der Waals surface area contributed by atoms with E-state index < -0.39 is 12.2 Å². The van der Waals surface area contributed by atoms with Crippen molar-refractivity contribution in [3.63, 3.8) is 0 Å². The molecule has 4 nitrogen and oxygen atoms in total. The molecule has 4 heteroatoms. The van der Waals surface area contributed by atoms with E-state index in [0.717, 1.165) is 19.3 Å². The molecule has 0 radical (unpaired) electrons. The smallest absolute Gasteiger partial charge is 0.218 e. The van der Waals surface area contributed by atoms with E-state index in [0.29, 0.717) is 26.1 Å². The summed E-state index contributed by atoms with van der Waals surface area (Å²) in [5.74, 6) is -0.655. The second-order valence-corrected chi connectivity index (χ2v) is 4.26. The number of carbonyl (C=O) groups excluding carboxylic acids is 2. The lowest BCUT2D eigenvalue weighted by atomic mass is 9.94. The molecule has 1 unspecified atom stereocenters. The predicted octanol–water partition coefficient (Wildman–Crippen LogP) is 2.10. The van der Waals surface area contributed by atoms with Crippen LogP contribution in [0.4, 0.5) is 0 Å². The van der Waals surface area contributed by atoms with Crippen molar-refractivity contribution >= 4 is 11.6 Å². The lowest BCUT2D eigenvalue weighted by Crippen LogP contribution is -2.36. The van der Waals surface area contributed by atoms with Crippen LogP contribution in [0.5, 0.6) is 0 Å². The third-order valence-corrected chi connectivity index (χ3v) is 3.02. The van der Waals surface area contributed by atoms with E-state index in [1.807, 2.05) is 13.8 Å². The molecule has 1 fully saturated rings. The van der Waals surface area contributed by atoms with Crippen LogP contribution in [0.15, 0.2) is 0 Å². The molecule has 1 atom stereocenters. The number of rotatable bonds is 6. The van der Waals surface area contributed by atoms with Crippen LogP contribution in [-0.2, 0) is 19.1 Å². The highest BCUT2D eigenvalue weighted by Gasteiger charge is 2.33. The zero-order chi connectivity index (χ0) is 12.7. The molecule has 98 valence electrons. The summed E-state index contributed by atoms with van der Waals surface area (Å²) in [6.45, 7) is 4.46. The van der Waals surface area contributed by atoms with E-state index >= 15 is 0 Å².